The summed E-state index contributed by atoms with van der Waals surface area (Å²) in [4.78, 5) is 1.24. The number of hydrogen-bond donors (Lipinski definition) is 1. The van der Waals surface area contributed by atoms with Crippen molar-refractivity contribution in [1.82, 2.24) is 0 Å². The number of hydrogen-bond acceptors (Lipinski definition) is 2. The summed E-state index contributed by atoms with van der Waals surface area (Å²) in [6.07, 6.45) is 3.53. The molecule has 3 unspecified atom stereocenters. The van der Waals surface area contributed by atoms with Crippen molar-refractivity contribution in [3.05, 3.63) is 28.7 Å². The van der Waals surface area contributed by atoms with E-state index in [1.807, 2.05) is 0 Å². The molecule has 19 heavy (non-hydrogen) atoms. The van der Waals surface area contributed by atoms with E-state index in [-0.39, 0.29) is 6.10 Å². The number of halogens is 1. The van der Waals surface area contributed by atoms with Crippen LogP contribution in [0.25, 0.3) is 0 Å². The predicted octanol–water partition coefficient (Wildman–Crippen LogP) is 4.97. The van der Waals surface area contributed by atoms with Crippen LogP contribution in [0.4, 0.5) is 0 Å². The summed E-state index contributed by atoms with van der Waals surface area (Å²) in [7, 11) is 0. The molecule has 1 aliphatic rings. The van der Waals surface area contributed by atoms with Gasteiger partial charge in [0.25, 0.3) is 0 Å². The first kappa shape index (κ1) is 15.4. The lowest BCUT2D eigenvalue weighted by molar-refractivity contribution is 0.0723. The minimum atomic E-state index is -0.168. The first-order valence-corrected chi connectivity index (χ1v) is 8.89. The molecule has 1 aliphatic carbocycles. The van der Waals surface area contributed by atoms with E-state index in [4.69, 9.17) is 0 Å². The highest BCUT2D eigenvalue weighted by atomic mass is 79.9. The molecule has 106 valence electrons. The van der Waals surface area contributed by atoms with Gasteiger partial charge in [-0.3, -0.25) is 0 Å². The molecule has 1 nitrogen and oxygen atoms in total. The van der Waals surface area contributed by atoms with Gasteiger partial charge in [-0.25, -0.2) is 0 Å². The van der Waals surface area contributed by atoms with E-state index in [1.54, 1.807) is 11.8 Å². The molecule has 1 aromatic rings. The van der Waals surface area contributed by atoms with Crippen LogP contribution in [-0.4, -0.2) is 17.0 Å². The van der Waals surface area contributed by atoms with Crippen LogP contribution >= 0.6 is 27.7 Å². The van der Waals surface area contributed by atoms with Gasteiger partial charge in [-0.1, -0.05) is 29.8 Å². The van der Waals surface area contributed by atoms with Gasteiger partial charge in [-0.15, -0.1) is 11.8 Å². The van der Waals surface area contributed by atoms with Gasteiger partial charge in [-0.2, -0.15) is 0 Å². The Balaban J connectivity index is 1.83. The van der Waals surface area contributed by atoms with Crippen molar-refractivity contribution in [3.8, 4) is 0 Å². The summed E-state index contributed by atoms with van der Waals surface area (Å²) in [5, 5.41) is 10.4. The van der Waals surface area contributed by atoms with Crippen molar-refractivity contribution < 1.29 is 5.11 Å². The maximum Gasteiger partial charge on any atom is 0.0662 e. The Morgan fingerprint density at radius 3 is 2.32 bits per heavy atom. The molecule has 0 saturated heterocycles. The van der Waals surface area contributed by atoms with Gasteiger partial charge >= 0.3 is 0 Å². The van der Waals surface area contributed by atoms with E-state index in [0.29, 0.717) is 5.92 Å². The monoisotopic (exact) mass is 342 g/mol. The van der Waals surface area contributed by atoms with Crippen molar-refractivity contribution in [2.75, 3.05) is 5.75 Å². The zero-order valence-corrected chi connectivity index (χ0v) is 14.1. The molecule has 1 fully saturated rings. The standard InChI is InChI=1S/C16H23BrOS/c1-11-7-12(2)9-13(8-11)16(18)10-19-15-5-3-14(17)4-6-15/h3-6,11-13,16,18H,7-10H2,1-2H3. The lowest BCUT2D eigenvalue weighted by Crippen LogP contribution is -2.30. The Hall–Kier alpha value is 0.01000. The van der Waals surface area contributed by atoms with Crippen LogP contribution in [0.3, 0.4) is 0 Å². The molecule has 0 bridgehead atoms. The van der Waals surface area contributed by atoms with Gasteiger partial charge in [0, 0.05) is 15.1 Å². The highest BCUT2D eigenvalue weighted by molar-refractivity contribution is 9.10. The van der Waals surface area contributed by atoms with Crippen LogP contribution in [0, 0.1) is 17.8 Å². The highest BCUT2D eigenvalue weighted by Crippen LogP contribution is 2.36. The summed E-state index contributed by atoms with van der Waals surface area (Å²) >= 11 is 5.21. The summed E-state index contributed by atoms with van der Waals surface area (Å²) in [5.74, 6) is 2.83. The zero-order valence-electron chi connectivity index (χ0n) is 11.7. The fraction of sp³-hybridized carbons (Fsp3) is 0.625. The summed E-state index contributed by atoms with van der Waals surface area (Å²) in [6.45, 7) is 4.63. The maximum atomic E-state index is 10.4. The fourth-order valence-corrected chi connectivity index (χ4v) is 4.40. The molecular formula is C16H23BrOS. The Morgan fingerprint density at radius 2 is 1.74 bits per heavy atom. The third kappa shape index (κ3) is 4.80. The normalized spacial score (nSPS) is 29.2. The second-order valence-corrected chi connectivity index (χ2v) is 8.02. The first-order valence-electron chi connectivity index (χ1n) is 7.11. The molecule has 1 N–H and O–H groups in total. The van der Waals surface area contributed by atoms with E-state index >= 15 is 0 Å². The van der Waals surface area contributed by atoms with Crippen LogP contribution in [0.15, 0.2) is 33.6 Å². The predicted molar refractivity (Wildman–Crippen MR) is 86.5 cm³/mol. The van der Waals surface area contributed by atoms with Crippen LogP contribution in [-0.2, 0) is 0 Å². The Kier molecular flexibility index (Phi) is 5.79. The molecule has 0 heterocycles. The van der Waals surface area contributed by atoms with Gasteiger partial charge in [0.05, 0.1) is 6.10 Å². The van der Waals surface area contributed by atoms with Crippen LogP contribution in [0.2, 0.25) is 0 Å². The second kappa shape index (κ2) is 7.14. The lowest BCUT2D eigenvalue weighted by Gasteiger charge is -2.34. The molecule has 3 atom stereocenters. The average Bonchev–Trinajstić information content (AvgIpc) is 2.36. The third-order valence-electron chi connectivity index (χ3n) is 3.99. The zero-order chi connectivity index (χ0) is 13.8. The van der Waals surface area contributed by atoms with Gasteiger partial charge in [0.15, 0.2) is 0 Å². The minimum absolute atomic E-state index is 0.168. The Labute approximate surface area is 129 Å². The molecule has 0 radical (unpaired) electrons. The molecule has 0 aromatic heterocycles. The summed E-state index contributed by atoms with van der Waals surface area (Å²) in [5.41, 5.74) is 0. The maximum absolute atomic E-state index is 10.4. The third-order valence-corrected chi connectivity index (χ3v) is 5.64. The van der Waals surface area contributed by atoms with Crippen molar-refractivity contribution in [2.45, 2.75) is 44.1 Å². The molecule has 2 rings (SSSR count). The molecule has 0 aliphatic heterocycles. The molecule has 3 heteroatoms. The SMILES string of the molecule is CC1CC(C)CC(C(O)CSc2ccc(Br)cc2)C1. The molecule has 1 aromatic carbocycles. The van der Waals surface area contributed by atoms with Crippen molar-refractivity contribution in [2.24, 2.45) is 17.8 Å². The van der Waals surface area contributed by atoms with E-state index in [2.05, 4.69) is 54.0 Å². The summed E-state index contributed by atoms with van der Waals surface area (Å²) < 4.78 is 1.10. The number of thioether (sulfide) groups is 1. The van der Waals surface area contributed by atoms with Gasteiger partial charge in [0.1, 0.15) is 0 Å². The number of aliphatic hydroxyl groups excluding tert-OH is 1. The van der Waals surface area contributed by atoms with E-state index < -0.39 is 0 Å². The number of aliphatic hydroxyl groups is 1. The van der Waals surface area contributed by atoms with Crippen LogP contribution in [0.5, 0.6) is 0 Å². The molecular weight excluding hydrogens is 320 g/mol. The first-order chi connectivity index (χ1) is 9.04. The molecule has 0 amide bonds. The Bertz CT molecular complexity index is 382. The number of benzene rings is 1. The smallest absolute Gasteiger partial charge is 0.0662 e. The van der Waals surface area contributed by atoms with Crippen molar-refractivity contribution in [3.63, 3.8) is 0 Å². The van der Waals surface area contributed by atoms with Gasteiger partial charge in [-0.05, 0) is 61.3 Å². The van der Waals surface area contributed by atoms with Gasteiger partial charge in [0.2, 0.25) is 0 Å². The molecule has 1 saturated carbocycles. The summed E-state index contributed by atoms with van der Waals surface area (Å²) in [6, 6.07) is 8.32. The quantitative estimate of drug-likeness (QED) is 0.779. The number of rotatable bonds is 4. The second-order valence-electron chi connectivity index (χ2n) is 6.01. The largest absolute Gasteiger partial charge is 0.392 e. The van der Waals surface area contributed by atoms with Gasteiger partial charge < -0.3 is 5.11 Å². The van der Waals surface area contributed by atoms with E-state index in [9.17, 15) is 5.11 Å². The van der Waals surface area contributed by atoms with Crippen LogP contribution in [0.1, 0.15) is 33.1 Å². The lowest BCUT2D eigenvalue weighted by atomic mass is 9.75. The van der Waals surface area contributed by atoms with Crippen molar-refractivity contribution >= 4 is 27.7 Å². The topological polar surface area (TPSA) is 20.2 Å². The fourth-order valence-electron chi connectivity index (χ4n) is 3.17. The highest BCUT2D eigenvalue weighted by Gasteiger charge is 2.28. The minimum Gasteiger partial charge on any atom is -0.392 e. The average molecular weight is 343 g/mol. The van der Waals surface area contributed by atoms with Crippen LogP contribution < -0.4 is 0 Å². The Morgan fingerprint density at radius 1 is 1.16 bits per heavy atom. The van der Waals surface area contributed by atoms with Crippen molar-refractivity contribution in [1.29, 1.82) is 0 Å². The van der Waals surface area contributed by atoms with E-state index in [0.717, 1.165) is 22.1 Å². The van der Waals surface area contributed by atoms with E-state index in [1.165, 1.54) is 24.2 Å². The molecule has 0 spiro atoms.